The molecule has 2 N–H and O–H groups in total. The van der Waals surface area contributed by atoms with Crippen LogP contribution in [0.2, 0.25) is 0 Å². The number of nitrogens with zero attached hydrogens (tertiary/aromatic N) is 4. The van der Waals surface area contributed by atoms with Crippen LogP contribution in [0.25, 0.3) is 0 Å². The zero-order chi connectivity index (χ0) is 15.8. The van der Waals surface area contributed by atoms with Crippen molar-refractivity contribution in [3.63, 3.8) is 0 Å². The van der Waals surface area contributed by atoms with Gasteiger partial charge in [0.25, 0.3) is 0 Å². The van der Waals surface area contributed by atoms with Gasteiger partial charge >= 0.3 is 0 Å². The molecule has 2 unspecified atom stereocenters. The third-order valence-electron chi connectivity index (χ3n) is 4.18. The van der Waals surface area contributed by atoms with Gasteiger partial charge in [-0.3, -0.25) is 4.99 Å². The summed E-state index contributed by atoms with van der Waals surface area (Å²) in [6.45, 7) is 3.78. The molecule has 23 heavy (non-hydrogen) atoms. The monoisotopic (exact) mass is 452 g/mol. The molecular formula is C15H29IN6S. The number of guanidine groups is 1. The van der Waals surface area contributed by atoms with Crippen molar-refractivity contribution in [1.82, 2.24) is 25.4 Å². The van der Waals surface area contributed by atoms with Crippen molar-refractivity contribution in [1.29, 1.82) is 0 Å². The van der Waals surface area contributed by atoms with Crippen LogP contribution in [0.1, 0.15) is 38.4 Å². The topological polar surface area (TPSA) is 67.1 Å². The fourth-order valence-electron chi connectivity index (χ4n) is 2.91. The molecule has 0 aromatic carbocycles. The van der Waals surface area contributed by atoms with Gasteiger partial charge in [0.2, 0.25) is 0 Å². The van der Waals surface area contributed by atoms with Crippen molar-refractivity contribution in [2.45, 2.75) is 56.9 Å². The second-order valence-corrected chi connectivity index (χ2v) is 6.80. The van der Waals surface area contributed by atoms with E-state index in [4.69, 9.17) is 0 Å². The van der Waals surface area contributed by atoms with Gasteiger partial charge in [-0.25, -0.2) is 0 Å². The Morgan fingerprint density at radius 2 is 2.30 bits per heavy atom. The molecule has 2 rings (SSSR count). The Balaban J connectivity index is 0.00000264. The lowest BCUT2D eigenvalue weighted by Crippen LogP contribution is -2.46. The molecule has 1 aromatic rings. The van der Waals surface area contributed by atoms with E-state index in [-0.39, 0.29) is 24.0 Å². The summed E-state index contributed by atoms with van der Waals surface area (Å²) < 4.78 is 2.09. The first-order valence-corrected chi connectivity index (χ1v) is 9.42. The van der Waals surface area contributed by atoms with Crippen LogP contribution >= 0.6 is 35.7 Å². The average molecular weight is 452 g/mol. The lowest BCUT2D eigenvalue weighted by molar-refractivity contribution is 0.418. The van der Waals surface area contributed by atoms with Crippen molar-refractivity contribution < 1.29 is 0 Å². The summed E-state index contributed by atoms with van der Waals surface area (Å²) in [5, 5.41) is 15.8. The lowest BCUT2D eigenvalue weighted by atomic mass is 9.95. The van der Waals surface area contributed by atoms with Crippen LogP contribution in [-0.2, 0) is 13.0 Å². The van der Waals surface area contributed by atoms with Crippen molar-refractivity contribution in [2.24, 2.45) is 4.99 Å². The van der Waals surface area contributed by atoms with Crippen LogP contribution in [0.4, 0.5) is 0 Å². The van der Waals surface area contributed by atoms with E-state index in [1.807, 2.05) is 18.8 Å². The molecule has 0 radical (unpaired) electrons. The minimum atomic E-state index is 0. The fourth-order valence-corrected chi connectivity index (χ4v) is 3.74. The van der Waals surface area contributed by atoms with Crippen LogP contribution in [0, 0.1) is 0 Å². The molecule has 1 fully saturated rings. The van der Waals surface area contributed by atoms with E-state index in [0.717, 1.165) is 36.5 Å². The Hall–Kier alpha value is -0.510. The molecule has 1 aliphatic rings. The third kappa shape index (κ3) is 6.48. The van der Waals surface area contributed by atoms with Gasteiger partial charge in [-0.05, 0) is 25.5 Å². The summed E-state index contributed by atoms with van der Waals surface area (Å²) in [6.07, 6.45) is 10.0. The third-order valence-corrected chi connectivity index (χ3v) is 5.28. The van der Waals surface area contributed by atoms with Crippen molar-refractivity contribution in [3.8, 4) is 0 Å². The molecule has 1 saturated carbocycles. The number of aliphatic imine (C=N–C) groups is 1. The molecule has 0 saturated heterocycles. The number of thioether (sulfide) groups is 1. The van der Waals surface area contributed by atoms with E-state index in [0.29, 0.717) is 6.04 Å². The molecule has 132 valence electrons. The minimum absolute atomic E-state index is 0. The van der Waals surface area contributed by atoms with E-state index in [2.05, 4.69) is 43.6 Å². The molecular weight excluding hydrogens is 423 g/mol. The van der Waals surface area contributed by atoms with E-state index >= 15 is 0 Å². The molecule has 1 aliphatic carbocycles. The van der Waals surface area contributed by atoms with Gasteiger partial charge in [-0.2, -0.15) is 11.8 Å². The lowest BCUT2D eigenvalue weighted by Gasteiger charge is -2.29. The predicted octanol–water partition coefficient (Wildman–Crippen LogP) is 2.30. The van der Waals surface area contributed by atoms with Crippen LogP contribution < -0.4 is 10.6 Å². The van der Waals surface area contributed by atoms with Gasteiger partial charge in [0.1, 0.15) is 12.2 Å². The summed E-state index contributed by atoms with van der Waals surface area (Å²) in [6, 6.07) is 0.540. The Bertz CT molecular complexity index is 478. The van der Waals surface area contributed by atoms with Gasteiger partial charge < -0.3 is 15.2 Å². The first-order valence-electron chi connectivity index (χ1n) is 8.13. The van der Waals surface area contributed by atoms with Crippen LogP contribution in [0.3, 0.4) is 0 Å². The van der Waals surface area contributed by atoms with Gasteiger partial charge in [0, 0.05) is 37.8 Å². The normalized spacial score (nSPS) is 21.6. The number of aromatic nitrogens is 3. The van der Waals surface area contributed by atoms with Gasteiger partial charge in [0.05, 0.1) is 0 Å². The van der Waals surface area contributed by atoms with Gasteiger partial charge in [-0.1, -0.05) is 13.3 Å². The highest BCUT2D eigenvalue weighted by atomic mass is 127. The highest BCUT2D eigenvalue weighted by Gasteiger charge is 2.21. The summed E-state index contributed by atoms with van der Waals surface area (Å²) in [5.74, 6) is 1.93. The number of hydrogen-bond acceptors (Lipinski definition) is 4. The number of hydrogen-bond donors (Lipinski definition) is 2. The Kier molecular flexibility index (Phi) is 9.92. The minimum Gasteiger partial charge on any atom is -0.355 e. The summed E-state index contributed by atoms with van der Waals surface area (Å²) >= 11 is 1.99. The summed E-state index contributed by atoms with van der Waals surface area (Å²) in [4.78, 5) is 4.34. The van der Waals surface area contributed by atoms with Crippen LogP contribution in [-0.4, -0.2) is 51.9 Å². The van der Waals surface area contributed by atoms with Crippen LogP contribution in [0.5, 0.6) is 0 Å². The molecule has 0 amide bonds. The van der Waals surface area contributed by atoms with E-state index in [1.165, 1.54) is 25.7 Å². The molecule has 1 aromatic heterocycles. The van der Waals surface area contributed by atoms with E-state index in [1.54, 1.807) is 6.33 Å². The smallest absolute Gasteiger partial charge is 0.191 e. The van der Waals surface area contributed by atoms with Crippen LogP contribution in [0.15, 0.2) is 11.3 Å². The largest absolute Gasteiger partial charge is 0.355 e. The molecule has 8 heteroatoms. The summed E-state index contributed by atoms with van der Waals surface area (Å²) in [7, 11) is 1.83. The summed E-state index contributed by atoms with van der Waals surface area (Å²) in [5.41, 5.74) is 0. The van der Waals surface area contributed by atoms with E-state index in [9.17, 15) is 0 Å². The molecule has 2 atom stereocenters. The second-order valence-electron chi connectivity index (χ2n) is 5.66. The van der Waals surface area contributed by atoms with Crippen molar-refractivity contribution >= 4 is 41.7 Å². The zero-order valence-corrected chi connectivity index (χ0v) is 17.4. The number of aryl methyl sites for hydroxylation is 1. The zero-order valence-electron chi connectivity index (χ0n) is 14.3. The van der Waals surface area contributed by atoms with Gasteiger partial charge in [-0.15, -0.1) is 34.2 Å². The predicted molar refractivity (Wildman–Crippen MR) is 109 cm³/mol. The standard InChI is InChI=1S/C15H28N6S.HI/c1-4-14-20-18-11-21(14)9-8-17-15(16-2)19-12-6-5-7-13(10-12)22-3;/h11-13H,4-10H2,1-3H3,(H2,16,17,19);1H. The second kappa shape index (κ2) is 11.1. The molecule has 0 spiro atoms. The first kappa shape index (κ1) is 20.5. The molecule has 6 nitrogen and oxygen atoms in total. The molecule has 1 heterocycles. The van der Waals surface area contributed by atoms with E-state index < -0.39 is 0 Å². The van der Waals surface area contributed by atoms with Crippen molar-refractivity contribution in [3.05, 3.63) is 12.2 Å². The fraction of sp³-hybridized carbons (Fsp3) is 0.800. The number of nitrogens with one attached hydrogen (secondary N) is 2. The highest BCUT2D eigenvalue weighted by molar-refractivity contribution is 14.0. The highest BCUT2D eigenvalue weighted by Crippen LogP contribution is 2.26. The Morgan fingerprint density at radius 1 is 1.48 bits per heavy atom. The quantitative estimate of drug-likeness (QED) is 0.394. The first-order chi connectivity index (χ1) is 10.8. The Labute approximate surface area is 160 Å². The Morgan fingerprint density at radius 3 is 3.00 bits per heavy atom. The number of rotatable bonds is 6. The maximum atomic E-state index is 4.34. The van der Waals surface area contributed by atoms with Crippen molar-refractivity contribution in [2.75, 3.05) is 19.8 Å². The molecule has 0 bridgehead atoms. The maximum Gasteiger partial charge on any atom is 0.191 e. The average Bonchev–Trinajstić information content (AvgIpc) is 3.01. The van der Waals surface area contributed by atoms with Gasteiger partial charge in [0.15, 0.2) is 5.96 Å². The molecule has 0 aliphatic heterocycles. The SMILES string of the molecule is CCc1nncn1CCNC(=NC)NC1CCCC(SC)C1.I. The number of halogens is 1. The maximum absolute atomic E-state index is 4.34.